The van der Waals surface area contributed by atoms with Crippen LogP contribution >= 0.6 is 11.3 Å². The maximum atomic E-state index is 13.0. The molecule has 2 aromatic carbocycles. The first-order chi connectivity index (χ1) is 16.9. The van der Waals surface area contributed by atoms with E-state index in [1.165, 1.54) is 22.3 Å². The van der Waals surface area contributed by atoms with E-state index >= 15 is 0 Å². The summed E-state index contributed by atoms with van der Waals surface area (Å²) in [6.07, 6.45) is 1.73. The Morgan fingerprint density at radius 2 is 1.80 bits per heavy atom. The van der Waals surface area contributed by atoms with Gasteiger partial charge in [-0.1, -0.05) is 32.0 Å². The van der Waals surface area contributed by atoms with Crippen LogP contribution in [-0.2, 0) is 0 Å². The monoisotopic (exact) mass is 482 g/mol. The van der Waals surface area contributed by atoms with Crippen LogP contribution in [0.5, 0.6) is 0 Å². The normalized spacial score (nSPS) is 12.8. The number of hydrogen-bond acceptors (Lipinski definition) is 6. The van der Waals surface area contributed by atoms with Crippen molar-refractivity contribution in [3.05, 3.63) is 88.9 Å². The number of benzene rings is 2. The predicted molar refractivity (Wildman–Crippen MR) is 135 cm³/mol. The molecule has 3 amide bonds. The third-order valence-corrected chi connectivity index (χ3v) is 6.45. The summed E-state index contributed by atoms with van der Waals surface area (Å²) < 4.78 is 0. The molecule has 0 bridgehead atoms. The number of fused-ring (bicyclic) bond motifs is 1. The smallest absolute Gasteiger partial charge is 0.261 e. The van der Waals surface area contributed by atoms with Gasteiger partial charge in [0.2, 0.25) is 0 Å². The number of rotatable bonds is 6. The van der Waals surface area contributed by atoms with Gasteiger partial charge in [0.1, 0.15) is 5.01 Å². The highest BCUT2D eigenvalue weighted by Gasteiger charge is 2.36. The number of hydrogen-bond donors (Lipinski definition) is 1. The molecule has 5 rings (SSSR count). The lowest BCUT2D eigenvalue weighted by Crippen LogP contribution is -2.33. The molecule has 1 aliphatic rings. The largest absolute Gasteiger partial charge is 0.322 e. The fourth-order valence-corrected chi connectivity index (χ4v) is 4.74. The maximum absolute atomic E-state index is 13.0. The zero-order chi connectivity index (χ0) is 24.5. The Balaban J connectivity index is 1.35. The maximum Gasteiger partial charge on any atom is 0.261 e. The molecule has 0 aliphatic carbocycles. The van der Waals surface area contributed by atoms with Crippen LogP contribution in [0.15, 0.2) is 72.2 Å². The Labute approximate surface area is 206 Å². The minimum atomic E-state index is -0.361. The Morgan fingerprint density at radius 3 is 2.57 bits per heavy atom. The lowest BCUT2D eigenvalue weighted by Gasteiger charge is -2.15. The minimum Gasteiger partial charge on any atom is -0.322 e. The van der Waals surface area contributed by atoms with Gasteiger partial charge in [0, 0.05) is 34.9 Å². The summed E-state index contributed by atoms with van der Waals surface area (Å²) >= 11 is 1.51. The Bertz CT molecular complexity index is 1450. The summed E-state index contributed by atoms with van der Waals surface area (Å²) in [5.41, 5.74) is 3.98. The molecule has 35 heavy (non-hydrogen) atoms. The molecule has 0 saturated heterocycles. The van der Waals surface area contributed by atoms with Crippen molar-refractivity contribution in [3.8, 4) is 22.0 Å². The van der Waals surface area contributed by atoms with Gasteiger partial charge in [0.25, 0.3) is 17.7 Å². The zero-order valence-corrected chi connectivity index (χ0v) is 20.0. The molecule has 7 nitrogen and oxygen atoms in total. The average Bonchev–Trinajstić information content (AvgIpc) is 3.45. The quantitative estimate of drug-likeness (QED) is 0.373. The molecule has 0 radical (unpaired) electrons. The van der Waals surface area contributed by atoms with E-state index in [9.17, 15) is 14.4 Å². The number of thiazole rings is 1. The van der Waals surface area contributed by atoms with Crippen molar-refractivity contribution in [1.82, 2.24) is 14.9 Å². The van der Waals surface area contributed by atoms with Crippen LogP contribution in [-0.4, -0.2) is 39.1 Å². The molecule has 8 heteroatoms. The number of aromatic nitrogens is 2. The summed E-state index contributed by atoms with van der Waals surface area (Å²) in [4.78, 5) is 48.5. The van der Waals surface area contributed by atoms with Crippen LogP contribution in [0.1, 0.15) is 44.9 Å². The highest BCUT2D eigenvalue weighted by molar-refractivity contribution is 7.13. The van der Waals surface area contributed by atoms with Crippen molar-refractivity contribution in [2.75, 3.05) is 11.9 Å². The number of imide groups is 1. The molecule has 1 aliphatic heterocycles. The second kappa shape index (κ2) is 9.23. The lowest BCUT2D eigenvalue weighted by atomic mass is 10.1. The number of nitrogens with zero attached hydrogens (tertiary/aromatic N) is 3. The molecular formula is C27H22N4O3S. The van der Waals surface area contributed by atoms with E-state index < -0.39 is 0 Å². The number of nitrogens with one attached hydrogen (secondary N) is 1. The molecule has 0 spiro atoms. The van der Waals surface area contributed by atoms with Crippen LogP contribution in [0.4, 0.5) is 5.69 Å². The summed E-state index contributed by atoms with van der Waals surface area (Å²) in [5, 5.41) is 5.66. The number of pyridine rings is 1. The molecule has 3 heterocycles. The summed E-state index contributed by atoms with van der Waals surface area (Å²) in [5.74, 6) is -0.876. The molecule has 174 valence electrons. The van der Waals surface area contributed by atoms with Gasteiger partial charge in [-0.15, -0.1) is 11.3 Å². The Morgan fingerprint density at radius 1 is 0.971 bits per heavy atom. The number of carbonyl (C=O) groups excluding carboxylic acids is 3. The Hall–Kier alpha value is -4.17. The van der Waals surface area contributed by atoms with Gasteiger partial charge in [0.05, 0.1) is 22.5 Å². The van der Waals surface area contributed by atoms with Crippen molar-refractivity contribution in [1.29, 1.82) is 0 Å². The van der Waals surface area contributed by atoms with E-state index in [-0.39, 0.29) is 29.2 Å². The molecule has 0 unspecified atom stereocenters. The zero-order valence-electron chi connectivity index (χ0n) is 19.2. The van der Waals surface area contributed by atoms with E-state index in [4.69, 9.17) is 0 Å². The number of carbonyl (C=O) groups is 3. The first-order valence-corrected chi connectivity index (χ1v) is 12.1. The van der Waals surface area contributed by atoms with E-state index in [2.05, 4.69) is 15.3 Å². The molecule has 0 fully saturated rings. The van der Waals surface area contributed by atoms with Crippen molar-refractivity contribution in [3.63, 3.8) is 0 Å². The van der Waals surface area contributed by atoms with Crippen LogP contribution < -0.4 is 5.32 Å². The van der Waals surface area contributed by atoms with Crippen LogP contribution in [0.3, 0.4) is 0 Å². The van der Waals surface area contributed by atoms with E-state index in [0.29, 0.717) is 23.4 Å². The standard InChI is InChI=1S/C27H22N4O3S/c1-16(2)14-31-26(33)20-10-9-18(13-21(20)27(31)34)24(32)29-19-7-5-6-17(12-19)23-15-35-25(30-23)22-8-3-4-11-28-22/h3-13,15-16H,14H2,1-2H3,(H,29,32). The van der Waals surface area contributed by atoms with Gasteiger partial charge in [-0.2, -0.15) is 0 Å². The average molecular weight is 483 g/mol. The predicted octanol–water partition coefficient (Wildman–Crippen LogP) is 5.38. The molecular weight excluding hydrogens is 460 g/mol. The first kappa shape index (κ1) is 22.6. The van der Waals surface area contributed by atoms with Crippen molar-refractivity contribution < 1.29 is 14.4 Å². The molecule has 1 N–H and O–H groups in total. The molecule has 0 atom stereocenters. The van der Waals surface area contributed by atoms with E-state index in [1.807, 2.05) is 55.6 Å². The topological polar surface area (TPSA) is 92.3 Å². The minimum absolute atomic E-state index is 0.157. The van der Waals surface area contributed by atoms with Gasteiger partial charge in [-0.3, -0.25) is 24.3 Å². The lowest BCUT2D eigenvalue weighted by molar-refractivity contribution is 0.0636. The van der Waals surface area contributed by atoms with Gasteiger partial charge >= 0.3 is 0 Å². The Kier molecular flexibility index (Phi) is 5.96. The van der Waals surface area contributed by atoms with Crippen molar-refractivity contribution in [2.24, 2.45) is 5.92 Å². The first-order valence-electron chi connectivity index (χ1n) is 11.2. The van der Waals surface area contributed by atoms with Crippen LogP contribution in [0.25, 0.3) is 22.0 Å². The second-order valence-corrected chi connectivity index (χ2v) is 9.52. The SMILES string of the molecule is CC(C)CN1C(=O)c2ccc(C(=O)Nc3cccc(-c4csc(-c5ccccn5)n4)c3)cc2C1=O. The fourth-order valence-electron chi connectivity index (χ4n) is 3.94. The second-order valence-electron chi connectivity index (χ2n) is 8.66. The van der Waals surface area contributed by atoms with Crippen molar-refractivity contribution >= 4 is 34.7 Å². The van der Waals surface area contributed by atoms with Crippen LogP contribution in [0.2, 0.25) is 0 Å². The summed E-state index contributed by atoms with van der Waals surface area (Å²) in [6.45, 7) is 4.24. The van der Waals surface area contributed by atoms with Gasteiger partial charge < -0.3 is 5.32 Å². The van der Waals surface area contributed by atoms with E-state index in [0.717, 1.165) is 22.0 Å². The third-order valence-electron chi connectivity index (χ3n) is 5.58. The molecule has 0 saturated carbocycles. The van der Waals surface area contributed by atoms with Crippen LogP contribution in [0, 0.1) is 5.92 Å². The fraction of sp³-hybridized carbons (Fsp3) is 0.148. The molecule has 2 aromatic heterocycles. The number of anilines is 1. The third kappa shape index (κ3) is 4.48. The number of amides is 3. The van der Waals surface area contributed by atoms with Gasteiger partial charge in [0.15, 0.2) is 0 Å². The van der Waals surface area contributed by atoms with Gasteiger partial charge in [-0.25, -0.2) is 4.98 Å². The highest BCUT2D eigenvalue weighted by atomic mass is 32.1. The summed E-state index contributed by atoms with van der Waals surface area (Å²) in [7, 11) is 0. The van der Waals surface area contributed by atoms with E-state index in [1.54, 1.807) is 24.4 Å². The highest BCUT2D eigenvalue weighted by Crippen LogP contribution is 2.29. The molecule has 4 aromatic rings. The van der Waals surface area contributed by atoms with Crippen molar-refractivity contribution in [2.45, 2.75) is 13.8 Å². The van der Waals surface area contributed by atoms with Gasteiger partial charge in [-0.05, 0) is 48.4 Å². The summed E-state index contributed by atoms with van der Waals surface area (Å²) in [6, 6.07) is 17.7.